The van der Waals surface area contributed by atoms with Gasteiger partial charge in [-0.3, -0.25) is 0 Å². The first kappa shape index (κ1) is 20.4. The summed E-state index contributed by atoms with van der Waals surface area (Å²) in [4.78, 5) is 0. The predicted molar refractivity (Wildman–Crippen MR) is 93.8 cm³/mol. The summed E-state index contributed by atoms with van der Waals surface area (Å²) >= 11 is 0. The van der Waals surface area contributed by atoms with E-state index in [9.17, 15) is 12.8 Å². The Morgan fingerprint density at radius 2 is 2.17 bits per heavy atom. The molecule has 1 aliphatic heterocycles. The fourth-order valence-electron chi connectivity index (χ4n) is 3.05. The van der Waals surface area contributed by atoms with E-state index in [0.29, 0.717) is 25.2 Å². The number of nitrogens with one attached hydrogen (secondary N) is 1. The third kappa shape index (κ3) is 5.41. The lowest BCUT2D eigenvalue weighted by atomic mass is 10.1. The maximum absolute atomic E-state index is 13.5. The predicted octanol–water partition coefficient (Wildman–Crippen LogP) is 2.96. The van der Waals surface area contributed by atoms with Gasteiger partial charge >= 0.3 is 0 Å². The summed E-state index contributed by atoms with van der Waals surface area (Å²) in [7, 11) is -3.34. The van der Waals surface area contributed by atoms with Crippen molar-refractivity contribution in [2.75, 3.05) is 25.4 Å². The second kappa shape index (κ2) is 8.97. The van der Waals surface area contributed by atoms with Crippen LogP contribution in [0.5, 0.6) is 0 Å². The quantitative estimate of drug-likeness (QED) is 0.844. The van der Waals surface area contributed by atoms with Gasteiger partial charge in [0.2, 0.25) is 10.0 Å². The topological polar surface area (TPSA) is 49.4 Å². The molecule has 23 heavy (non-hydrogen) atoms. The number of nitrogens with zero attached hydrogens (tertiary/aromatic N) is 1. The second-order valence-electron chi connectivity index (χ2n) is 6.06. The number of benzene rings is 1. The van der Waals surface area contributed by atoms with E-state index < -0.39 is 10.0 Å². The van der Waals surface area contributed by atoms with Crippen LogP contribution in [-0.4, -0.2) is 38.1 Å². The lowest BCUT2D eigenvalue weighted by Gasteiger charge is -2.36. The highest BCUT2D eigenvalue weighted by Gasteiger charge is 2.34. The first-order chi connectivity index (χ1) is 10.4. The number of hydrogen-bond donors (Lipinski definition) is 1. The van der Waals surface area contributed by atoms with E-state index in [1.54, 1.807) is 16.4 Å². The molecule has 0 amide bonds. The van der Waals surface area contributed by atoms with Gasteiger partial charge in [0.05, 0.1) is 11.8 Å². The zero-order valence-corrected chi connectivity index (χ0v) is 15.3. The van der Waals surface area contributed by atoms with Crippen molar-refractivity contribution in [3.63, 3.8) is 0 Å². The van der Waals surface area contributed by atoms with Gasteiger partial charge in [0.25, 0.3) is 0 Å². The van der Waals surface area contributed by atoms with E-state index in [2.05, 4.69) is 12.2 Å². The van der Waals surface area contributed by atoms with E-state index in [-0.39, 0.29) is 35.9 Å². The molecule has 1 fully saturated rings. The molecule has 0 aliphatic carbocycles. The normalized spacial score (nSPS) is 20.7. The van der Waals surface area contributed by atoms with Gasteiger partial charge < -0.3 is 5.32 Å². The van der Waals surface area contributed by atoms with E-state index in [1.807, 2.05) is 6.92 Å². The number of sulfonamides is 1. The van der Waals surface area contributed by atoms with Crippen LogP contribution >= 0.6 is 12.4 Å². The fraction of sp³-hybridized carbons (Fsp3) is 0.625. The summed E-state index contributed by atoms with van der Waals surface area (Å²) in [6.07, 6.45) is 1.88. The zero-order chi connectivity index (χ0) is 16.2. The molecule has 0 aromatic heterocycles. The average molecular weight is 365 g/mol. The molecular weight excluding hydrogens is 339 g/mol. The molecule has 0 bridgehead atoms. The number of piperazine rings is 1. The first-order valence-corrected chi connectivity index (χ1v) is 9.50. The van der Waals surface area contributed by atoms with Crippen molar-refractivity contribution in [1.29, 1.82) is 0 Å². The van der Waals surface area contributed by atoms with Crippen LogP contribution in [0.1, 0.15) is 38.3 Å². The third-order valence-corrected chi connectivity index (χ3v) is 6.20. The monoisotopic (exact) mass is 364 g/mol. The summed E-state index contributed by atoms with van der Waals surface area (Å²) < 4.78 is 40.5. The van der Waals surface area contributed by atoms with Gasteiger partial charge in [-0.1, -0.05) is 32.4 Å². The summed E-state index contributed by atoms with van der Waals surface area (Å²) in [5.74, 6) is -0.0371. The maximum Gasteiger partial charge on any atom is 0.215 e. The van der Waals surface area contributed by atoms with Crippen molar-refractivity contribution in [2.45, 2.75) is 32.7 Å². The van der Waals surface area contributed by atoms with Crippen molar-refractivity contribution < 1.29 is 12.8 Å². The largest absolute Gasteiger partial charge is 0.313 e. The Morgan fingerprint density at radius 3 is 2.83 bits per heavy atom. The van der Waals surface area contributed by atoms with Crippen molar-refractivity contribution >= 4 is 22.4 Å². The lowest BCUT2D eigenvalue weighted by Crippen LogP contribution is -2.49. The van der Waals surface area contributed by atoms with Crippen LogP contribution in [0.2, 0.25) is 0 Å². The van der Waals surface area contributed by atoms with E-state index in [1.165, 1.54) is 12.1 Å². The van der Waals surface area contributed by atoms with Gasteiger partial charge in [-0.2, -0.15) is 4.31 Å². The van der Waals surface area contributed by atoms with Crippen molar-refractivity contribution in [3.05, 3.63) is 35.6 Å². The Hall–Kier alpha value is -0.690. The Labute approximate surface area is 144 Å². The smallest absolute Gasteiger partial charge is 0.215 e. The molecule has 1 aliphatic rings. The van der Waals surface area contributed by atoms with Crippen LogP contribution in [0.3, 0.4) is 0 Å². The third-order valence-electron chi connectivity index (χ3n) is 4.06. The van der Waals surface area contributed by atoms with Crippen LogP contribution in [0, 0.1) is 11.7 Å². The molecular formula is C16H26ClFN2O2S. The molecule has 1 aromatic carbocycles. The minimum atomic E-state index is -3.34. The van der Waals surface area contributed by atoms with Gasteiger partial charge in [0.1, 0.15) is 5.82 Å². The van der Waals surface area contributed by atoms with Gasteiger partial charge in [0.15, 0.2) is 0 Å². The Balaban J connectivity index is 0.00000264. The fourth-order valence-corrected chi connectivity index (χ4v) is 5.08. The molecule has 1 N–H and O–H groups in total. The van der Waals surface area contributed by atoms with Gasteiger partial charge in [-0.05, 0) is 30.0 Å². The molecule has 1 heterocycles. The Bertz CT molecular complexity index is 597. The van der Waals surface area contributed by atoms with Crippen LogP contribution < -0.4 is 5.32 Å². The SMILES string of the molecule is CCCC(C)CS(=O)(=O)N1CCNCC1c1cccc(F)c1.Cl. The molecule has 132 valence electrons. The zero-order valence-electron chi connectivity index (χ0n) is 13.7. The van der Waals surface area contributed by atoms with E-state index >= 15 is 0 Å². The molecule has 2 unspecified atom stereocenters. The van der Waals surface area contributed by atoms with E-state index in [4.69, 9.17) is 0 Å². The van der Waals surface area contributed by atoms with Gasteiger partial charge in [-0.15, -0.1) is 12.4 Å². The highest BCUT2D eigenvalue weighted by molar-refractivity contribution is 7.89. The molecule has 1 aromatic rings. The summed E-state index contributed by atoms with van der Waals surface area (Å²) in [6.45, 7) is 5.62. The van der Waals surface area contributed by atoms with Gasteiger partial charge in [-0.25, -0.2) is 12.8 Å². The standard InChI is InChI=1S/C16H25FN2O2S.ClH/c1-3-5-13(2)12-22(20,21)19-9-8-18-11-16(19)14-6-4-7-15(17)10-14;/h4,6-7,10,13,16,18H,3,5,8-9,11-12H2,1-2H3;1H. The first-order valence-electron chi connectivity index (χ1n) is 7.89. The molecule has 7 heteroatoms. The number of rotatable bonds is 6. The highest BCUT2D eigenvalue weighted by Crippen LogP contribution is 2.27. The molecule has 2 rings (SSSR count). The summed E-state index contributed by atoms with van der Waals surface area (Å²) in [5.41, 5.74) is 0.707. The Morgan fingerprint density at radius 1 is 1.43 bits per heavy atom. The van der Waals surface area contributed by atoms with Crippen molar-refractivity contribution in [1.82, 2.24) is 9.62 Å². The molecule has 0 radical (unpaired) electrons. The average Bonchev–Trinajstić information content (AvgIpc) is 2.47. The van der Waals surface area contributed by atoms with Gasteiger partial charge in [0, 0.05) is 19.6 Å². The minimum Gasteiger partial charge on any atom is -0.313 e. The summed E-state index contributed by atoms with van der Waals surface area (Å²) in [5, 5.41) is 3.20. The second-order valence-corrected chi connectivity index (χ2v) is 8.02. The number of hydrogen-bond acceptors (Lipinski definition) is 3. The van der Waals surface area contributed by atoms with Crippen LogP contribution in [-0.2, 0) is 10.0 Å². The molecule has 4 nitrogen and oxygen atoms in total. The highest BCUT2D eigenvalue weighted by atomic mass is 35.5. The number of halogens is 2. The molecule has 1 saturated heterocycles. The maximum atomic E-state index is 13.5. The van der Waals surface area contributed by atoms with E-state index in [0.717, 1.165) is 12.8 Å². The molecule has 0 spiro atoms. The van der Waals surface area contributed by atoms with Crippen LogP contribution in [0.4, 0.5) is 4.39 Å². The molecule has 0 saturated carbocycles. The van der Waals surface area contributed by atoms with Crippen molar-refractivity contribution in [2.24, 2.45) is 5.92 Å². The van der Waals surface area contributed by atoms with Crippen LogP contribution in [0.25, 0.3) is 0 Å². The minimum absolute atomic E-state index is 0. The lowest BCUT2D eigenvalue weighted by molar-refractivity contribution is 0.269. The van der Waals surface area contributed by atoms with Crippen molar-refractivity contribution in [3.8, 4) is 0 Å². The Kier molecular flexibility index (Phi) is 7.94. The summed E-state index contributed by atoms with van der Waals surface area (Å²) in [6, 6.07) is 5.89. The molecule has 2 atom stereocenters. The van der Waals surface area contributed by atoms with Crippen LogP contribution in [0.15, 0.2) is 24.3 Å².